The van der Waals surface area contributed by atoms with Crippen LogP contribution in [-0.4, -0.2) is 44.7 Å². The van der Waals surface area contributed by atoms with Crippen molar-refractivity contribution >= 4 is 38.9 Å². The SMILES string of the molecule is CN(CC(=O)NCCc1cccs1)S(=O)(=O)c1ccc2c(c1)CCCC(=O)N2. The largest absolute Gasteiger partial charge is 0.355 e. The van der Waals surface area contributed by atoms with E-state index in [2.05, 4.69) is 10.6 Å². The summed E-state index contributed by atoms with van der Waals surface area (Å²) in [5, 5.41) is 7.51. The Balaban J connectivity index is 1.62. The van der Waals surface area contributed by atoms with Gasteiger partial charge in [0, 0.05) is 30.6 Å². The minimum Gasteiger partial charge on any atom is -0.355 e. The molecule has 150 valence electrons. The van der Waals surface area contributed by atoms with Crippen LogP contribution in [0.1, 0.15) is 23.3 Å². The van der Waals surface area contributed by atoms with Gasteiger partial charge in [-0.1, -0.05) is 6.07 Å². The number of thiophene rings is 1. The second-order valence-corrected chi connectivity index (χ2v) is 9.74. The highest BCUT2D eigenvalue weighted by Gasteiger charge is 2.24. The third kappa shape index (κ3) is 4.98. The Morgan fingerprint density at radius 1 is 1.29 bits per heavy atom. The lowest BCUT2D eigenvalue weighted by Crippen LogP contribution is -2.39. The topological polar surface area (TPSA) is 95.6 Å². The molecule has 3 rings (SSSR count). The van der Waals surface area contributed by atoms with E-state index in [9.17, 15) is 18.0 Å². The molecule has 0 aliphatic carbocycles. The van der Waals surface area contributed by atoms with Crippen molar-refractivity contribution in [3.63, 3.8) is 0 Å². The first-order valence-corrected chi connectivity index (χ1v) is 11.4. The third-order valence-electron chi connectivity index (χ3n) is 4.55. The smallest absolute Gasteiger partial charge is 0.243 e. The summed E-state index contributed by atoms with van der Waals surface area (Å²) in [6, 6.07) is 8.61. The van der Waals surface area contributed by atoms with E-state index in [1.165, 1.54) is 18.0 Å². The summed E-state index contributed by atoms with van der Waals surface area (Å²) in [4.78, 5) is 25.0. The molecule has 0 bridgehead atoms. The number of hydrogen-bond acceptors (Lipinski definition) is 5. The third-order valence-corrected chi connectivity index (χ3v) is 7.28. The van der Waals surface area contributed by atoms with Gasteiger partial charge in [0.2, 0.25) is 21.8 Å². The van der Waals surface area contributed by atoms with Gasteiger partial charge >= 0.3 is 0 Å². The van der Waals surface area contributed by atoms with Gasteiger partial charge in [-0.3, -0.25) is 9.59 Å². The maximum absolute atomic E-state index is 12.8. The molecule has 9 heteroatoms. The Morgan fingerprint density at radius 3 is 2.86 bits per heavy atom. The van der Waals surface area contributed by atoms with E-state index in [4.69, 9.17) is 0 Å². The van der Waals surface area contributed by atoms with Gasteiger partial charge in [0.25, 0.3) is 0 Å². The predicted octanol–water partition coefficient (Wildman–Crippen LogP) is 2.00. The molecular weight excluding hydrogens is 398 g/mol. The van der Waals surface area contributed by atoms with Gasteiger partial charge in [-0.15, -0.1) is 11.3 Å². The van der Waals surface area contributed by atoms with Crippen LogP contribution in [0.5, 0.6) is 0 Å². The average molecular weight is 422 g/mol. The zero-order valence-corrected chi connectivity index (χ0v) is 17.2. The monoisotopic (exact) mass is 421 g/mol. The number of nitrogens with one attached hydrogen (secondary N) is 2. The Hall–Kier alpha value is -2.23. The highest BCUT2D eigenvalue weighted by atomic mass is 32.2. The van der Waals surface area contributed by atoms with Gasteiger partial charge in [-0.2, -0.15) is 4.31 Å². The molecule has 0 atom stereocenters. The molecule has 2 amide bonds. The van der Waals surface area contributed by atoms with Crippen molar-refractivity contribution in [3.05, 3.63) is 46.2 Å². The van der Waals surface area contributed by atoms with E-state index >= 15 is 0 Å². The van der Waals surface area contributed by atoms with Gasteiger partial charge in [-0.05, 0) is 54.5 Å². The molecule has 0 unspecified atom stereocenters. The van der Waals surface area contributed by atoms with Crippen molar-refractivity contribution in [2.24, 2.45) is 0 Å². The number of likely N-dealkylation sites (N-methyl/N-ethyl adjacent to an activating group) is 1. The molecule has 2 heterocycles. The van der Waals surface area contributed by atoms with Crippen molar-refractivity contribution in [1.82, 2.24) is 9.62 Å². The van der Waals surface area contributed by atoms with Crippen molar-refractivity contribution < 1.29 is 18.0 Å². The lowest BCUT2D eigenvalue weighted by atomic mass is 10.1. The van der Waals surface area contributed by atoms with Crippen LogP contribution in [0.15, 0.2) is 40.6 Å². The normalized spacial score (nSPS) is 14.3. The molecule has 0 fully saturated rings. The quantitative estimate of drug-likeness (QED) is 0.715. The lowest BCUT2D eigenvalue weighted by Gasteiger charge is -2.18. The van der Waals surface area contributed by atoms with E-state index in [0.29, 0.717) is 31.5 Å². The maximum atomic E-state index is 12.8. The summed E-state index contributed by atoms with van der Waals surface area (Å²) < 4.78 is 26.7. The fraction of sp³-hybridized carbons (Fsp3) is 0.368. The molecule has 1 aliphatic rings. The van der Waals surface area contributed by atoms with Crippen LogP contribution in [0.4, 0.5) is 5.69 Å². The number of benzene rings is 1. The van der Waals surface area contributed by atoms with E-state index in [-0.39, 0.29) is 23.3 Å². The highest BCUT2D eigenvalue weighted by molar-refractivity contribution is 7.89. The van der Waals surface area contributed by atoms with E-state index in [0.717, 1.165) is 16.3 Å². The number of amides is 2. The molecule has 0 spiro atoms. The average Bonchev–Trinajstić information content (AvgIpc) is 3.08. The van der Waals surface area contributed by atoms with Gasteiger partial charge in [0.1, 0.15) is 0 Å². The van der Waals surface area contributed by atoms with Gasteiger partial charge < -0.3 is 10.6 Å². The highest BCUT2D eigenvalue weighted by Crippen LogP contribution is 2.26. The van der Waals surface area contributed by atoms with Crippen LogP contribution >= 0.6 is 11.3 Å². The first-order valence-electron chi connectivity index (χ1n) is 9.04. The molecule has 0 saturated heterocycles. The van der Waals surface area contributed by atoms with Crippen molar-refractivity contribution in [1.29, 1.82) is 0 Å². The molecule has 0 radical (unpaired) electrons. The predicted molar refractivity (Wildman–Crippen MR) is 109 cm³/mol. The standard InChI is InChI=1S/C19H23N3O4S2/c1-22(13-19(24)20-10-9-15-5-3-11-27-15)28(25,26)16-7-8-17-14(12-16)4-2-6-18(23)21-17/h3,5,7-8,11-12H,2,4,6,9-10,13H2,1H3,(H,20,24)(H,21,23). The number of carbonyl (C=O) groups excluding carboxylic acids is 2. The van der Waals surface area contributed by atoms with Gasteiger partial charge in [-0.25, -0.2) is 8.42 Å². The summed E-state index contributed by atoms with van der Waals surface area (Å²) in [6.45, 7) is 0.215. The molecule has 1 aromatic carbocycles. The van der Waals surface area contributed by atoms with Crippen LogP contribution in [0.2, 0.25) is 0 Å². The Labute approximate surface area is 168 Å². The van der Waals surface area contributed by atoms with Crippen molar-refractivity contribution in [2.75, 3.05) is 25.5 Å². The van der Waals surface area contributed by atoms with E-state index in [1.54, 1.807) is 23.5 Å². The lowest BCUT2D eigenvalue weighted by molar-refractivity contribution is -0.121. The summed E-state index contributed by atoms with van der Waals surface area (Å²) in [7, 11) is -2.41. The number of anilines is 1. The fourth-order valence-corrected chi connectivity index (χ4v) is 4.90. The number of aryl methyl sites for hydroxylation is 1. The first-order chi connectivity index (χ1) is 13.4. The number of hydrogen-bond donors (Lipinski definition) is 2. The molecule has 0 saturated carbocycles. The van der Waals surface area contributed by atoms with Gasteiger partial charge in [0.15, 0.2) is 0 Å². The minimum absolute atomic E-state index is 0.0642. The first kappa shape index (κ1) is 20.5. The number of rotatable bonds is 7. The summed E-state index contributed by atoms with van der Waals surface area (Å²) in [5.74, 6) is -0.407. The van der Waals surface area contributed by atoms with Crippen molar-refractivity contribution in [3.8, 4) is 0 Å². The van der Waals surface area contributed by atoms with E-state index in [1.807, 2.05) is 17.5 Å². The number of nitrogens with zero attached hydrogens (tertiary/aromatic N) is 1. The van der Waals surface area contributed by atoms with Crippen LogP contribution in [-0.2, 0) is 32.5 Å². The van der Waals surface area contributed by atoms with Crippen molar-refractivity contribution in [2.45, 2.75) is 30.6 Å². The zero-order chi connectivity index (χ0) is 20.1. The zero-order valence-electron chi connectivity index (χ0n) is 15.6. The van der Waals surface area contributed by atoms with Crippen LogP contribution in [0.25, 0.3) is 0 Å². The summed E-state index contributed by atoms with van der Waals surface area (Å²) >= 11 is 1.62. The second kappa shape index (κ2) is 8.85. The molecule has 1 aliphatic heterocycles. The number of sulfonamides is 1. The Kier molecular flexibility index (Phi) is 6.48. The molecule has 2 N–H and O–H groups in total. The Morgan fingerprint density at radius 2 is 2.11 bits per heavy atom. The molecule has 7 nitrogen and oxygen atoms in total. The van der Waals surface area contributed by atoms with Crippen LogP contribution in [0.3, 0.4) is 0 Å². The van der Waals surface area contributed by atoms with Gasteiger partial charge in [0.05, 0.1) is 11.4 Å². The molecule has 28 heavy (non-hydrogen) atoms. The Bertz CT molecular complexity index is 956. The molecule has 2 aromatic rings. The minimum atomic E-state index is -3.80. The molecular formula is C19H23N3O4S2. The molecule has 1 aromatic heterocycles. The summed E-state index contributed by atoms with van der Waals surface area (Å²) in [5.41, 5.74) is 1.44. The van der Waals surface area contributed by atoms with Crippen LogP contribution in [0, 0.1) is 0 Å². The van der Waals surface area contributed by atoms with Crippen LogP contribution < -0.4 is 10.6 Å². The maximum Gasteiger partial charge on any atom is 0.243 e. The summed E-state index contributed by atoms with van der Waals surface area (Å²) in [6.07, 6.45) is 2.44. The second-order valence-electron chi connectivity index (χ2n) is 6.66. The van der Waals surface area contributed by atoms with E-state index < -0.39 is 10.0 Å². The number of carbonyl (C=O) groups is 2. The number of fused-ring (bicyclic) bond motifs is 1. The fourth-order valence-electron chi connectivity index (χ4n) is 3.01.